The number of thiazole rings is 1. The number of nitrogens with two attached hydrogens (primary N) is 1. The van der Waals surface area contributed by atoms with E-state index in [4.69, 9.17) is 10.5 Å². The van der Waals surface area contributed by atoms with Crippen molar-refractivity contribution in [3.8, 4) is 0 Å². The molecule has 0 saturated heterocycles. The van der Waals surface area contributed by atoms with Gasteiger partial charge >= 0.3 is 0 Å². The highest BCUT2D eigenvalue weighted by Crippen LogP contribution is 2.22. The Balaban J connectivity index is 2.28. The third-order valence-corrected chi connectivity index (χ3v) is 3.96. The Hall–Kier alpha value is -1.05. The van der Waals surface area contributed by atoms with Crippen LogP contribution in [0.2, 0.25) is 0 Å². The number of nitrogens with zero attached hydrogens (tertiary/aromatic N) is 3. The number of nitrogen functional groups attached to an aromatic ring is 1. The summed E-state index contributed by atoms with van der Waals surface area (Å²) in [5.41, 5.74) is 7.56. The lowest BCUT2D eigenvalue weighted by molar-refractivity contribution is 0.180. The van der Waals surface area contributed by atoms with Crippen molar-refractivity contribution >= 4 is 33.1 Å². The van der Waals surface area contributed by atoms with Crippen molar-refractivity contribution in [3.63, 3.8) is 0 Å². The van der Waals surface area contributed by atoms with Crippen LogP contribution in [0.25, 0.3) is 0 Å². The molecule has 0 amide bonds. The number of anilines is 1. The number of methoxy groups -OCH3 is 1. The van der Waals surface area contributed by atoms with Gasteiger partial charge < -0.3 is 10.5 Å². The standard InChI is InChI=1S/C11H13BrN4OS/c1-6-14-7(5-18-6)3-9-15-8(4-17-2)10(12)11(13)16-9/h5H,3-4H2,1-2H3,(H2,13,15,16). The van der Waals surface area contributed by atoms with E-state index in [2.05, 4.69) is 30.9 Å². The van der Waals surface area contributed by atoms with Crippen LogP contribution in [-0.2, 0) is 17.8 Å². The fourth-order valence-electron chi connectivity index (χ4n) is 1.53. The van der Waals surface area contributed by atoms with Crippen molar-refractivity contribution in [2.45, 2.75) is 20.0 Å². The molecule has 0 bridgehead atoms. The number of aromatic nitrogens is 3. The number of ether oxygens (including phenoxy) is 1. The maximum Gasteiger partial charge on any atom is 0.141 e. The van der Waals surface area contributed by atoms with Crippen molar-refractivity contribution in [2.24, 2.45) is 0 Å². The Bertz CT molecular complexity index is 558. The van der Waals surface area contributed by atoms with Crippen LogP contribution in [0.15, 0.2) is 9.85 Å². The van der Waals surface area contributed by atoms with E-state index in [0.29, 0.717) is 29.1 Å². The molecule has 7 heteroatoms. The first-order valence-corrected chi connectivity index (χ1v) is 6.98. The van der Waals surface area contributed by atoms with Gasteiger partial charge in [0.1, 0.15) is 11.6 Å². The van der Waals surface area contributed by atoms with Crippen LogP contribution in [-0.4, -0.2) is 22.1 Å². The van der Waals surface area contributed by atoms with Gasteiger partial charge in [-0.1, -0.05) is 0 Å². The molecular weight excluding hydrogens is 316 g/mol. The molecule has 0 atom stereocenters. The molecule has 2 heterocycles. The van der Waals surface area contributed by atoms with Gasteiger partial charge in [0, 0.05) is 12.5 Å². The number of halogens is 1. The normalized spacial score (nSPS) is 10.8. The largest absolute Gasteiger partial charge is 0.383 e. The molecule has 0 fully saturated rings. The second-order valence-corrected chi connectivity index (χ2v) is 5.61. The van der Waals surface area contributed by atoms with Crippen LogP contribution in [0.3, 0.4) is 0 Å². The summed E-state index contributed by atoms with van der Waals surface area (Å²) in [5.74, 6) is 1.09. The molecule has 0 radical (unpaired) electrons. The van der Waals surface area contributed by atoms with Crippen LogP contribution in [0.4, 0.5) is 5.82 Å². The van der Waals surface area contributed by atoms with E-state index in [1.165, 1.54) is 0 Å². The maximum atomic E-state index is 5.84. The summed E-state index contributed by atoms with van der Waals surface area (Å²) in [6.07, 6.45) is 0.582. The minimum Gasteiger partial charge on any atom is -0.383 e. The molecule has 0 aliphatic rings. The monoisotopic (exact) mass is 328 g/mol. The number of hydrogen-bond donors (Lipinski definition) is 1. The van der Waals surface area contributed by atoms with Gasteiger partial charge in [-0.3, -0.25) is 0 Å². The van der Waals surface area contributed by atoms with E-state index < -0.39 is 0 Å². The first-order valence-electron chi connectivity index (χ1n) is 5.31. The molecule has 2 aromatic rings. The highest BCUT2D eigenvalue weighted by atomic mass is 79.9. The minimum atomic E-state index is 0.399. The summed E-state index contributed by atoms with van der Waals surface area (Å²) in [6.45, 7) is 2.37. The first-order chi connectivity index (χ1) is 8.60. The molecule has 5 nitrogen and oxygen atoms in total. The van der Waals surface area contributed by atoms with E-state index in [1.54, 1.807) is 18.4 Å². The van der Waals surface area contributed by atoms with Crippen LogP contribution in [0, 0.1) is 6.92 Å². The lowest BCUT2D eigenvalue weighted by Crippen LogP contribution is -2.07. The Morgan fingerprint density at radius 3 is 2.78 bits per heavy atom. The Labute approximate surface area is 118 Å². The molecule has 0 spiro atoms. The number of hydrogen-bond acceptors (Lipinski definition) is 6. The molecule has 0 aromatic carbocycles. The predicted molar refractivity (Wildman–Crippen MR) is 74.5 cm³/mol. The van der Waals surface area contributed by atoms with Gasteiger partial charge in [-0.15, -0.1) is 11.3 Å². The molecule has 2 rings (SSSR count). The topological polar surface area (TPSA) is 73.9 Å². The van der Waals surface area contributed by atoms with Crippen LogP contribution >= 0.6 is 27.3 Å². The van der Waals surface area contributed by atoms with Gasteiger partial charge in [-0.2, -0.15) is 0 Å². The summed E-state index contributed by atoms with van der Waals surface area (Å²) in [5, 5.41) is 3.04. The first kappa shape index (κ1) is 13.4. The average Bonchev–Trinajstić information content (AvgIpc) is 2.71. The summed E-state index contributed by atoms with van der Waals surface area (Å²) in [4.78, 5) is 13.1. The second-order valence-electron chi connectivity index (χ2n) is 3.75. The highest BCUT2D eigenvalue weighted by molar-refractivity contribution is 9.10. The molecule has 2 aromatic heterocycles. The smallest absolute Gasteiger partial charge is 0.141 e. The zero-order chi connectivity index (χ0) is 13.1. The molecule has 18 heavy (non-hydrogen) atoms. The van der Waals surface area contributed by atoms with Crippen molar-refractivity contribution < 1.29 is 4.74 Å². The summed E-state index contributed by atoms with van der Waals surface area (Å²) in [6, 6.07) is 0. The van der Waals surface area contributed by atoms with Crippen molar-refractivity contribution in [2.75, 3.05) is 12.8 Å². The molecule has 0 saturated carbocycles. The van der Waals surface area contributed by atoms with Crippen molar-refractivity contribution in [1.82, 2.24) is 15.0 Å². The Morgan fingerprint density at radius 1 is 1.39 bits per heavy atom. The fraction of sp³-hybridized carbons (Fsp3) is 0.364. The Kier molecular flexibility index (Phi) is 4.26. The fourth-order valence-corrected chi connectivity index (χ4v) is 2.43. The van der Waals surface area contributed by atoms with E-state index in [9.17, 15) is 0 Å². The van der Waals surface area contributed by atoms with E-state index in [1.807, 2.05) is 12.3 Å². The zero-order valence-electron chi connectivity index (χ0n) is 10.1. The average molecular weight is 329 g/mol. The highest BCUT2D eigenvalue weighted by Gasteiger charge is 2.11. The summed E-state index contributed by atoms with van der Waals surface area (Å²) >= 11 is 4.97. The summed E-state index contributed by atoms with van der Waals surface area (Å²) < 4.78 is 5.78. The number of aryl methyl sites for hydroxylation is 1. The Morgan fingerprint density at radius 2 is 2.17 bits per heavy atom. The molecular formula is C11H13BrN4OS. The van der Waals surface area contributed by atoms with E-state index in [-0.39, 0.29) is 0 Å². The molecule has 96 valence electrons. The molecule has 0 aliphatic carbocycles. The van der Waals surface area contributed by atoms with Crippen LogP contribution < -0.4 is 5.73 Å². The van der Waals surface area contributed by atoms with Crippen LogP contribution in [0.1, 0.15) is 22.2 Å². The van der Waals surface area contributed by atoms with Crippen LogP contribution in [0.5, 0.6) is 0 Å². The van der Waals surface area contributed by atoms with Gasteiger partial charge in [0.05, 0.1) is 33.9 Å². The maximum absolute atomic E-state index is 5.84. The third kappa shape index (κ3) is 3.04. The second kappa shape index (κ2) is 5.73. The van der Waals surface area contributed by atoms with E-state index >= 15 is 0 Å². The van der Waals surface area contributed by atoms with Gasteiger partial charge in [-0.05, 0) is 22.9 Å². The quantitative estimate of drug-likeness (QED) is 0.932. The minimum absolute atomic E-state index is 0.399. The van der Waals surface area contributed by atoms with Crippen molar-refractivity contribution in [1.29, 1.82) is 0 Å². The SMILES string of the molecule is COCc1nc(Cc2csc(C)n2)nc(N)c1Br. The molecule has 2 N–H and O–H groups in total. The molecule has 0 aliphatic heterocycles. The zero-order valence-corrected chi connectivity index (χ0v) is 12.5. The lowest BCUT2D eigenvalue weighted by atomic mass is 10.3. The van der Waals surface area contributed by atoms with Gasteiger partial charge in [0.15, 0.2) is 0 Å². The molecule has 0 unspecified atom stereocenters. The van der Waals surface area contributed by atoms with E-state index in [0.717, 1.165) is 16.4 Å². The third-order valence-electron chi connectivity index (χ3n) is 2.28. The lowest BCUT2D eigenvalue weighted by Gasteiger charge is -2.07. The summed E-state index contributed by atoms with van der Waals surface area (Å²) in [7, 11) is 1.62. The van der Waals surface area contributed by atoms with Gasteiger partial charge in [0.25, 0.3) is 0 Å². The van der Waals surface area contributed by atoms with Crippen molar-refractivity contribution in [3.05, 3.63) is 32.1 Å². The number of rotatable bonds is 4. The van der Waals surface area contributed by atoms with Gasteiger partial charge in [0.2, 0.25) is 0 Å². The van der Waals surface area contributed by atoms with Gasteiger partial charge in [-0.25, -0.2) is 15.0 Å². The predicted octanol–water partition coefficient (Wildman–Crippen LogP) is 2.32.